The molecule has 1 unspecified atom stereocenters. The quantitative estimate of drug-likeness (QED) is 0.155. The molecular formula is C26H31N7O. The van der Waals surface area contributed by atoms with Crippen molar-refractivity contribution in [1.29, 1.82) is 5.41 Å². The zero-order valence-electron chi connectivity index (χ0n) is 19.1. The van der Waals surface area contributed by atoms with Gasteiger partial charge in [0, 0.05) is 31.3 Å². The summed E-state index contributed by atoms with van der Waals surface area (Å²) in [5.74, 6) is 7.40. The minimum Gasteiger partial charge on any atom is -0.493 e. The summed E-state index contributed by atoms with van der Waals surface area (Å²) in [5, 5.41) is 11.0. The van der Waals surface area contributed by atoms with E-state index in [1.165, 1.54) is 17.3 Å². The molecular weight excluding hydrogens is 426 g/mol. The van der Waals surface area contributed by atoms with Crippen molar-refractivity contribution < 1.29 is 4.74 Å². The third-order valence-corrected chi connectivity index (χ3v) is 6.08. The SMILES string of the molecule is N=C/C(=C\NCc1cccc(OCC2CCc3ccccc32)c1)Cc1cc(N)nc(NN)c1N. The fraction of sp³-hybridized carbons (Fsp3) is 0.231. The summed E-state index contributed by atoms with van der Waals surface area (Å²) in [5.41, 5.74) is 20.2. The first-order valence-electron chi connectivity index (χ1n) is 11.3. The minimum atomic E-state index is 0.312. The van der Waals surface area contributed by atoms with E-state index in [1.54, 1.807) is 6.07 Å². The van der Waals surface area contributed by atoms with Gasteiger partial charge in [-0.1, -0.05) is 36.4 Å². The largest absolute Gasteiger partial charge is 0.493 e. The lowest BCUT2D eigenvalue weighted by atomic mass is 10.0. The highest BCUT2D eigenvalue weighted by Crippen LogP contribution is 2.33. The number of hydrogen-bond acceptors (Lipinski definition) is 8. The Bertz CT molecular complexity index is 1190. The number of allylic oxidation sites excluding steroid dienone is 1. The monoisotopic (exact) mass is 457 g/mol. The van der Waals surface area contributed by atoms with E-state index in [0.717, 1.165) is 35.3 Å². The average molecular weight is 458 g/mol. The highest BCUT2D eigenvalue weighted by Gasteiger charge is 2.22. The molecule has 1 heterocycles. The van der Waals surface area contributed by atoms with Crippen LogP contribution in [0.2, 0.25) is 0 Å². The second-order valence-electron chi connectivity index (χ2n) is 8.43. The summed E-state index contributed by atoms with van der Waals surface area (Å²) in [6.45, 7) is 1.28. The number of fused-ring (bicyclic) bond motifs is 1. The fourth-order valence-electron chi connectivity index (χ4n) is 4.31. The summed E-state index contributed by atoms with van der Waals surface area (Å²) < 4.78 is 6.13. The van der Waals surface area contributed by atoms with Crippen LogP contribution in [0.1, 0.15) is 34.6 Å². The Kier molecular flexibility index (Phi) is 7.29. The molecule has 9 N–H and O–H groups in total. The van der Waals surface area contributed by atoms with Gasteiger partial charge in [-0.2, -0.15) is 0 Å². The Labute approximate surface area is 199 Å². The molecule has 1 aromatic heterocycles. The third-order valence-electron chi connectivity index (χ3n) is 6.08. The molecule has 0 saturated heterocycles. The maximum Gasteiger partial charge on any atom is 0.165 e. The number of hydrogen-bond donors (Lipinski definition) is 6. The number of nitrogens with one attached hydrogen (secondary N) is 3. The normalized spacial score (nSPS) is 15.0. The Morgan fingerprint density at radius 1 is 1.15 bits per heavy atom. The predicted molar refractivity (Wildman–Crippen MR) is 138 cm³/mol. The molecule has 4 rings (SSSR count). The van der Waals surface area contributed by atoms with Crippen molar-refractivity contribution in [3.05, 3.63) is 88.6 Å². The average Bonchev–Trinajstić information content (AvgIpc) is 3.27. The Morgan fingerprint density at radius 3 is 2.82 bits per heavy atom. The number of nitrogen functional groups attached to an aromatic ring is 3. The van der Waals surface area contributed by atoms with E-state index >= 15 is 0 Å². The molecule has 2 aromatic carbocycles. The van der Waals surface area contributed by atoms with Crippen molar-refractivity contribution in [2.24, 2.45) is 5.84 Å². The van der Waals surface area contributed by atoms with Gasteiger partial charge in [0.05, 0.1) is 12.3 Å². The molecule has 34 heavy (non-hydrogen) atoms. The number of aromatic nitrogens is 1. The Balaban J connectivity index is 1.34. The molecule has 0 spiro atoms. The highest BCUT2D eigenvalue weighted by molar-refractivity contribution is 5.78. The maximum absolute atomic E-state index is 7.76. The summed E-state index contributed by atoms with van der Waals surface area (Å²) in [4.78, 5) is 4.06. The number of ether oxygens (including phenoxy) is 1. The zero-order valence-corrected chi connectivity index (χ0v) is 19.1. The van der Waals surface area contributed by atoms with Crippen molar-refractivity contribution in [2.45, 2.75) is 31.7 Å². The van der Waals surface area contributed by atoms with E-state index in [2.05, 4.69) is 40.0 Å². The van der Waals surface area contributed by atoms with Crippen LogP contribution >= 0.6 is 0 Å². The number of nitrogens with two attached hydrogens (primary N) is 3. The molecule has 1 aliphatic rings. The van der Waals surface area contributed by atoms with Crippen LogP contribution < -0.4 is 32.8 Å². The van der Waals surface area contributed by atoms with Crippen LogP contribution in [-0.2, 0) is 19.4 Å². The second kappa shape index (κ2) is 10.7. The molecule has 0 saturated carbocycles. The van der Waals surface area contributed by atoms with Crippen molar-refractivity contribution >= 4 is 23.5 Å². The van der Waals surface area contributed by atoms with Crippen molar-refractivity contribution in [3.8, 4) is 5.75 Å². The maximum atomic E-state index is 7.76. The second-order valence-corrected chi connectivity index (χ2v) is 8.43. The van der Waals surface area contributed by atoms with Crippen LogP contribution in [0.4, 0.5) is 17.3 Å². The minimum absolute atomic E-state index is 0.312. The fourth-order valence-corrected chi connectivity index (χ4v) is 4.31. The molecule has 8 nitrogen and oxygen atoms in total. The van der Waals surface area contributed by atoms with E-state index in [-0.39, 0.29) is 0 Å². The first kappa shape index (κ1) is 23.1. The van der Waals surface area contributed by atoms with E-state index in [9.17, 15) is 0 Å². The number of anilines is 3. The molecule has 176 valence electrons. The van der Waals surface area contributed by atoms with E-state index in [1.807, 2.05) is 30.5 Å². The van der Waals surface area contributed by atoms with Crippen LogP contribution in [0.5, 0.6) is 5.75 Å². The number of nitrogens with zero attached hydrogens (tertiary/aromatic N) is 1. The van der Waals surface area contributed by atoms with Crippen LogP contribution in [0.3, 0.4) is 0 Å². The van der Waals surface area contributed by atoms with Gasteiger partial charge in [0.2, 0.25) is 0 Å². The van der Waals surface area contributed by atoms with Gasteiger partial charge in [-0.15, -0.1) is 0 Å². The van der Waals surface area contributed by atoms with Crippen LogP contribution in [0, 0.1) is 5.41 Å². The van der Waals surface area contributed by atoms with E-state index in [0.29, 0.717) is 42.8 Å². The molecule has 1 aliphatic carbocycles. The number of benzene rings is 2. The van der Waals surface area contributed by atoms with Crippen LogP contribution in [0.25, 0.3) is 0 Å². The molecule has 3 aromatic rings. The smallest absolute Gasteiger partial charge is 0.165 e. The Hall–Kier alpha value is -4.04. The number of aryl methyl sites for hydroxylation is 1. The van der Waals surface area contributed by atoms with Crippen molar-refractivity contribution in [3.63, 3.8) is 0 Å². The summed E-state index contributed by atoms with van der Waals surface area (Å²) in [6, 6.07) is 18.4. The molecule has 0 bridgehead atoms. The van der Waals surface area contributed by atoms with E-state index < -0.39 is 0 Å². The van der Waals surface area contributed by atoms with Crippen molar-refractivity contribution in [2.75, 3.05) is 23.5 Å². The first-order chi connectivity index (χ1) is 16.6. The van der Waals surface area contributed by atoms with Gasteiger partial charge in [-0.05, 0) is 58.9 Å². The molecule has 0 radical (unpaired) electrons. The predicted octanol–water partition coefficient (Wildman–Crippen LogP) is 3.51. The summed E-state index contributed by atoms with van der Waals surface area (Å²) in [7, 11) is 0. The van der Waals surface area contributed by atoms with Crippen molar-refractivity contribution in [1.82, 2.24) is 10.3 Å². The summed E-state index contributed by atoms with van der Waals surface area (Å²) in [6.07, 6.45) is 5.78. The van der Waals surface area contributed by atoms with Gasteiger partial charge in [-0.25, -0.2) is 10.8 Å². The van der Waals surface area contributed by atoms with E-state index in [4.69, 9.17) is 27.5 Å². The van der Waals surface area contributed by atoms with Crippen LogP contribution in [-0.4, -0.2) is 17.8 Å². The summed E-state index contributed by atoms with van der Waals surface area (Å²) >= 11 is 0. The van der Waals surface area contributed by atoms with Gasteiger partial charge < -0.3 is 32.4 Å². The molecule has 1 atom stereocenters. The lowest BCUT2D eigenvalue weighted by Gasteiger charge is -2.14. The lowest BCUT2D eigenvalue weighted by Crippen LogP contribution is -2.14. The molecule has 0 amide bonds. The Morgan fingerprint density at radius 2 is 2.00 bits per heavy atom. The van der Waals surface area contributed by atoms with Gasteiger partial charge in [0.15, 0.2) is 5.82 Å². The van der Waals surface area contributed by atoms with Crippen LogP contribution in [0.15, 0.2) is 66.4 Å². The highest BCUT2D eigenvalue weighted by atomic mass is 16.5. The molecule has 0 fully saturated rings. The molecule has 8 heteroatoms. The topological polar surface area (TPSA) is 148 Å². The number of pyridine rings is 1. The van der Waals surface area contributed by atoms with Gasteiger partial charge in [0.25, 0.3) is 0 Å². The zero-order chi connectivity index (χ0) is 23.9. The number of rotatable bonds is 10. The standard InChI is InChI=1S/C26H31N7O/c27-13-18(10-21-12-24(28)32-26(33-30)25(21)29)15-31-14-17-4-3-6-22(11-17)34-16-20-9-8-19-5-1-2-7-23(19)20/h1-7,11-13,15,20,27,31H,8-10,14,16,29-30H2,(H3,28,32,33)/b18-15-,27-13?. The number of hydrazine groups is 1. The van der Waals surface area contributed by atoms with Gasteiger partial charge in [0.1, 0.15) is 11.6 Å². The first-order valence-corrected chi connectivity index (χ1v) is 11.3. The lowest BCUT2D eigenvalue weighted by molar-refractivity contribution is 0.287. The van der Waals surface area contributed by atoms with Gasteiger partial charge >= 0.3 is 0 Å². The molecule has 0 aliphatic heterocycles. The third kappa shape index (κ3) is 5.47. The van der Waals surface area contributed by atoms with Gasteiger partial charge in [-0.3, -0.25) is 0 Å².